The summed E-state index contributed by atoms with van der Waals surface area (Å²) >= 11 is 0. The number of carbonyl (C=O) groups is 8. The Hall–Kier alpha value is -8.04. The fourth-order valence-corrected chi connectivity index (χ4v) is 8.95. The third-order valence-corrected chi connectivity index (χ3v) is 12.6. The van der Waals surface area contributed by atoms with E-state index >= 15 is 0 Å². The number of likely N-dealkylation sites (tertiary alicyclic amines) is 1. The number of hydrogen-bond acceptors (Lipinski definition) is 14. The first-order valence-electron chi connectivity index (χ1n) is 23.2. The topological polar surface area (TPSA) is 298 Å². The summed E-state index contributed by atoms with van der Waals surface area (Å²) < 4.78 is 23.8. The summed E-state index contributed by atoms with van der Waals surface area (Å²) in [6.45, 7) is 1.92. The molecule has 22 heteroatoms. The molecule has 70 heavy (non-hydrogen) atoms. The van der Waals surface area contributed by atoms with Crippen LogP contribution in [0, 0.1) is 0 Å². The van der Waals surface area contributed by atoms with E-state index in [-0.39, 0.29) is 101 Å². The highest BCUT2D eigenvalue weighted by molar-refractivity contribution is 6.02. The van der Waals surface area contributed by atoms with Gasteiger partial charge in [0.2, 0.25) is 36.3 Å². The zero-order chi connectivity index (χ0) is 49.5. The summed E-state index contributed by atoms with van der Waals surface area (Å²) in [6.07, 6.45) is 2.40. The molecular weight excluding hydrogens is 911 g/mol. The zero-order valence-corrected chi connectivity index (χ0v) is 38.4. The molecule has 2 aromatic carbocycles. The predicted molar refractivity (Wildman–Crippen MR) is 248 cm³/mol. The monoisotopic (exact) mass is 963 g/mol. The van der Waals surface area contributed by atoms with Crippen LogP contribution < -0.4 is 47.4 Å². The van der Waals surface area contributed by atoms with Crippen LogP contribution in [0.3, 0.4) is 0 Å². The van der Waals surface area contributed by atoms with Gasteiger partial charge in [0, 0.05) is 61.6 Å². The first kappa shape index (κ1) is 48.4. The van der Waals surface area contributed by atoms with Gasteiger partial charge in [-0.25, -0.2) is 14.6 Å². The molecule has 0 radical (unpaired) electrons. The number of rotatable bonds is 20. The van der Waals surface area contributed by atoms with Crippen molar-refractivity contribution in [2.75, 3.05) is 31.7 Å². The number of cyclic esters (lactones) is 1. The Morgan fingerprint density at radius 1 is 0.871 bits per heavy atom. The van der Waals surface area contributed by atoms with Gasteiger partial charge < -0.3 is 55.8 Å². The number of nitrogens with two attached hydrogens (primary N) is 1. The third kappa shape index (κ3) is 11.0. The minimum atomic E-state index is -1.04. The lowest BCUT2D eigenvalue weighted by Gasteiger charge is -2.24. The molecule has 0 aliphatic carbocycles. The number of unbranched alkanes of at least 4 members (excludes halogenated alkanes) is 2. The third-order valence-electron chi connectivity index (χ3n) is 12.6. The molecule has 2 aromatic heterocycles. The number of fused-ring (bicyclic) bond motifs is 6. The van der Waals surface area contributed by atoms with E-state index in [1.165, 1.54) is 4.90 Å². The number of esters is 1. The van der Waals surface area contributed by atoms with E-state index in [1.54, 1.807) is 41.0 Å². The number of urea groups is 1. The van der Waals surface area contributed by atoms with E-state index < -0.39 is 35.9 Å². The van der Waals surface area contributed by atoms with Crippen LogP contribution in [0.2, 0.25) is 0 Å². The minimum Gasteiger partial charge on any atom is -0.460 e. The van der Waals surface area contributed by atoms with Crippen molar-refractivity contribution in [2.45, 2.75) is 103 Å². The highest BCUT2D eigenvalue weighted by Gasteiger charge is 2.35. The molecule has 1 saturated heterocycles. The Kier molecular flexibility index (Phi) is 14.9. The number of alkyl carbamates (subject to hydrolysis) is 1. The lowest BCUT2D eigenvalue weighted by molar-refractivity contribution is -0.148. The molecule has 22 nitrogen and oxygen atoms in total. The summed E-state index contributed by atoms with van der Waals surface area (Å²) in [7, 11) is 0. The van der Waals surface area contributed by atoms with Gasteiger partial charge in [0.15, 0.2) is 11.5 Å². The number of anilines is 1. The molecule has 1 fully saturated rings. The van der Waals surface area contributed by atoms with Crippen LogP contribution in [0.25, 0.3) is 22.3 Å². The van der Waals surface area contributed by atoms with Gasteiger partial charge in [-0.05, 0) is 73.1 Å². The van der Waals surface area contributed by atoms with Crippen molar-refractivity contribution < 1.29 is 57.3 Å². The maximum atomic E-state index is 13.9. The van der Waals surface area contributed by atoms with Gasteiger partial charge in [0.05, 0.1) is 41.5 Å². The van der Waals surface area contributed by atoms with E-state index in [2.05, 4.69) is 26.6 Å². The molecule has 7 N–H and O–H groups in total. The van der Waals surface area contributed by atoms with Crippen molar-refractivity contribution in [1.29, 1.82) is 0 Å². The zero-order valence-electron chi connectivity index (χ0n) is 38.4. The molecule has 8 amide bonds. The lowest BCUT2D eigenvalue weighted by atomic mass is 9.90. The van der Waals surface area contributed by atoms with E-state index in [4.69, 9.17) is 29.7 Å². The van der Waals surface area contributed by atoms with Gasteiger partial charge in [-0.3, -0.25) is 38.5 Å². The number of amides is 8. The molecule has 0 saturated carbocycles. The van der Waals surface area contributed by atoms with E-state index in [0.717, 1.165) is 0 Å². The summed E-state index contributed by atoms with van der Waals surface area (Å²) in [5.41, 5.74) is 9.99. The number of nitrogens with one attached hydrogen (secondary N) is 5. The van der Waals surface area contributed by atoms with Crippen molar-refractivity contribution in [3.8, 4) is 22.9 Å². The molecule has 4 aromatic rings. The summed E-state index contributed by atoms with van der Waals surface area (Å²) in [5.74, 6) is -1.85. The largest absolute Gasteiger partial charge is 0.460 e. The number of nitrogens with zero attached hydrogens (tertiary/aromatic N) is 3. The fraction of sp³-hybridized carbons (Fsp3) is 0.417. The molecule has 2 atom stereocenters. The Morgan fingerprint density at radius 3 is 2.37 bits per heavy atom. The minimum absolute atomic E-state index is 0.00380. The first-order valence-corrected chi connectivity index (χ1v) is 23.2. The van der Waals surface area contributed by atoms with Crippen molar-refractivity contribution in [3.63, 3.8) is 0 Å². The number of imide groups is 1. The second-order valence-electron chi connectivity index (χ2n) is 17.3. The molecule has 6 heterocycles. The lowest BCUT2D eigenvalue weighted by Crippen LogP contribution is -2.47. The van der Waals surface area contributed by atoms with Crippen LogP contribution >= 0.6 is 0 Å². The van der Waals surface area contributed by atoms with E-state index in [9.17, 15) is 43.2 Å². The number of carbonyl (C=O) groups excluding carboxylic acids is 8. The maximum Gasteiger partial charge on any atom is 0.407 e. The quantitative estimate of drug-likeness (QED) is 0.0372. The van der Waals surface area contributed by atoms with Gasteiger partial charge in [-0.2, -0.15) is 0 Å². The van der Waals surface area contributed by atoms with Crippen LogP contribution in [-0.2, 0) is 64.5 Å². The number of benzene rings is 2. The van der Waals surface area contributed by atoms with Crippen molar-refractivity contribution in [3.05, 3.63) is 80.6 Å². The Labute approximate surface area is 400 Å². The van der Waals surface area contributed by atoms with Crippen LogP contribution in [-0.4, -0.2) is 94.5 Å². The number of ether oxygens (including phenoxy) is 4. The smallest absolute Gasteiger partial charge is 0.407 e. The van der Waals surface area contributed by atoms with Gasteiger partial charge in [-0.15, -0.1) is 0 Å². The summed E-state index contributed by atoms with van der Waals surface area (Å²) in [5, 5.41) is 13.9. The first-order chi connectivity index (χ1) is 33.8. The standard InChI is InChI=1S/C48H53N9O13/c1-2-28-29-17-36-43-32(22-57(36)45(63)33(29)24-67-46(28)64)31(30-18-37-38(70-25-69-37)19-35(30)55-43)20-52-48(66)68-23-26-9-11-27(12-10-26)53-44(62)34(7-6-15-50-47(49)65)54-40(59)21-51-39(58)8-4-3-5-16-56-41(60)13-14-42(56)61/h9-12,17-19,28,34H,2-8,13-16,20-25H2,1H3,(H,51,58)(H,52,66)(H,53,62)(H,54,59)(H3,49,50,65). The number of aromatic nitrogens is 2. The Morgan fingerprint density at radius 2 is 1.63 bits per heavy atom. The van der Waals surface area contributed by atoms with E-state index in [0.29, 0.717) is 106 Å². The second kappa shape index (κ2) is 21.5. The molecule has 0 bridgehead atoms. The Balaban J connectivity index is 0.850. The summed E-state index contributed by atoms with van der Waals surface area (Å²) in [6, 6.07) is 10.1. The van der Waals surface area contributed by atoms with E-state index in [1.807, 2.05) is 13.0 Å². The number of primary amides is 1. The summed E-state index contributed by atoms with van der Waals surface area (Å²) in [4.78, 5) is 119. The predicted octanol–water partition coefficient (Wildman–Crippen LogP) is 2.83. The molecule has 4 aliphatic heterocycles. The van der Waals surface area contributed by atoms with Crippen molar-refractivity contribution in [1.82, 2.24) is 35.7 Å². The van der Waals surface area contributed by atoms with Gasteiger partial charge in [0.25, 0.3) is 5.56 Å². The molecule has 0 spiro atoms. The van der Waals surface area contributed by atoms with Crippen molar-refractivity contribution in [2.24, 2.45) is 5.73 Å². The molecule has 368 valence electrons. The number of hydrogen-bond donors (Lipinski definition) is 6. The van der Waals surface area contributed by atoms with Crippen LogP contribution in [0.5, 0.6) is 11.5 Å². The SMILES string of the molecule is CCC1C(=O)OCc2c1cc1n(c2=O)Cc2c-1nc1cc3c(cc1c2CNC(=O)OCc1ccc(NC(=O)C(CCCNC(N)=O)NC(=O)CNC(=O)CCCCCN2C(=O)CCC2=O)cc1)OCO3. The van der Waals surface area contributed by atoms with Gasteiger partial charge in [-0.1, -0.05) is 25.5 Å². The average molecular weight is 964 g/mol. The van der Waals surface area contributed by atoms with Crippen LogP contribution in [0.15, 0.2) is 47.3 Å². The second-order valence-corrected chi connectivity index (χ2v) is 17.3. The molecule has 8 rings (SSSR count). The highest BCUT2D eigenvalue weighted by Crippen LogP contribution is 2.42. The maximum absolute atomic E-state index is 13.9. The molecule has 2 unspecified atom stereocenters. The van der Waals surface area contributed by atoms with Crippen molar-refractivity contribution >= 4 is 64.2 Å². The normalized spacial score (nSPS) is 15.6. The highest BCUT2D eigenvalue weighted by atomic mass is 16.7. The fourth-order valence-electron chi connectivity index (χ4n) is 8.95. The molecule has 4 aliphatic rings. The van der Waals surface area contributed by atoms with Crippen LogP contribution in [0.4, 0.5) is 15.3 Å². The molecular formula is C48H53N9O13. The van der Waals surface area contributed by atoms with Gasteiger partial charge >= 0.3 is 18.1 Å². The van der Waals surface area contributed by atoms with Gasteiger partial charge in [0.1, 0.15) is 19.3 Å². The Bertz CT molecular complexity index is 2810. The average Bonchev–Trinajstić information content (AvgIpc) is 4.05. The number of pyridine rings is 2. The van der Waals surface area contributed by atoms with Crippen LogP contribution in [0.1, 0.15) is 98.4 Å².